The van der Waals surface area contributed by atoms with Gasteiger partial charge >= 0.3 is 0 Å². The summed E-state index contributed by atoms with van der Waals surface area (Å²) in [6.07, 6.45) is 5.66. The molecule has 23 heavy (non-hydrogen) atoms. The van der Waals surface area contributed by atoms with E-state index in [-0.39, 0.29) is 11.2 Å². The molecule has 0 fully saturated rings. The molecule has 1 aliphatic heterocycles. The molecule has 2 aromatic heterocycles. The van der Waals surface area contributed by atoms with Gasteiger partial charge in [0.15, 0.2) is 0 Å². The van der Waals surface area contributed by atoms with Gasteiger partial charge in [-0.2, -0.15) is 10.2 Å². The molecule has 1 N–H and O–H groups in total. The Balaban J connectivity index is 1.84. The van der Waals surface area contributed by atoms with E-state index in [2.05, 4.69) is 15.5 Å². The van der Waals surface area contributed by atoms with E-state index in [1.807, 2.05) is 56.0 Å². The van der Waals surface area contributed by atoms with Crippen LogP contribution in [-0.4, -0.2) is 31.2 Å². The van der Waals surface area contributed by atoms with Crippen molar-refractivity contribution in [2.24, 2.45) is 7.05 Å². The van der Waals surface area contributed by atoms with Crippen LogP contribution in [0.3, 0.4) is 0 Å². The van der Waals surface area contributed by atoms with Gasteiger partial charge in [-0.3, -0.25) is 9.48 Å². The number of benzene rings is 1. The first-order chi connectivity index (χ1) is 11.2. The zero-order valence-corrected chi connectivity index (χ0v) is 13.3. The first kappa shape index (κ1) is 14.1. The van der Waals surface area contributed by atoms with Crippen LogP contribution in [0.4, 0.5) is 5.82 Å². The lowest BCUT2D eigenvalue weighted by atomic mass is 10.1. The number of nitrogens with one attached hydrogen (secondary N) is 1. The van der Waals surface area contributed by atoms with Gasteiger partial charge in [0.25, 0.3) is 0 Å². The molecule has 0 saturated carbocycles. The summed E-state index contributed by atoms with van der Waals surface area (Å²) in [7, 11) is 1.89. The molecule has 6 nitrogen and oxygen atoms in total. The first-order valence-electron chi connectivity index (χ1n) is 7.26. The number of carbonyl (C=O) groups excluding carboxylic acids is 1. The zero-order valence-electron chi connectivity index (χ0n) is 12.5. The summed E-state index contributed by atoms with van der Waals surface area (Å²) >= 11 is 1.59. The highest BCUT2D eigenvalue weighted by atomic mass is 32.2. The van der Waals surface area contributed by atoms with Gasteiger partial charge in [0.1, 0.15) is 5.82 Å². The van der Waals surface area contributed by atoms with Gasteiger partial charge in [0.2, 0.25) is 5.91 Å². The molecule has 116 valence electrons. The van der Waals surface area contributed by atoms with E-state index in [4.69, 9.17) is 0 Å². The van der Waals surface area contributed by atoms with Crippen LogP contribution in [0.1, 0.15) is 16.4 Å². The minimum absolute atomic E-state index is 0.0136. The van der Waals surface area contributed by atoms with Crippen molar-refractivity contribution in [2.75, 3.05) is 11.1 Å². The summed E-state index contributed by atoms with van der Waals surface area (Å²) in [5.74, 6) is 1.13. The van der Waals surface area contributed by atoms with E-state index < -0.39 is 0 Å². The van der Waals surface area contributed by atoms with Gasteiger partial charge in [-0.1, -0.05) is 18.2 Å². The fraction of sp³-hybridized carbons (Fsp3) is 0.188. The lowest BCUT2D eigenvalue weighted by Gasteiger charge is -2.12. The van der Waals surface area contributed by atoms with Crippen molar-refractivity contribution in [1.82, 2.24) is 19.6 Å². The monoisotopic (exact) mass is 325 g/mol. The van der Waals surface area contributed by atoms with Crippen LogP contribution in [0.25, 0.3) is 5.69 Å². The molecule has 3 heterocycles. The van der Waals surface area contributed by atoms with Crippen LogP contribution in [-0.2, 0) is 11.8 Å². The van der Waals surface area contributed by atoms with E-state index in [1.165, 1.54) is 0 Å². The number of nitrogens with zero attached hydrogens (tertiary/aromatic N) is 4. The second-order valence-corrected chi connectivity index (χ2v) is 6.48. The largest absolute Gasteiger partial charge is 0.310 e. The third-order valence-corrected chi connectivity index (χ3v) is 5.04. The van der Waals surface area contributed by atoms with E-state index in [1.54, 1.807) is 21.1 Å². The van der Waals surface area contributed by atoms with Gasteiger partial charge in [-0.25, -0.2) is 4.68 Å². The molecule has 1 aromatic carbocycles. The van der Waals surface area contributed by atoms with Gasteiger partial charge in [0, 0.05) is 24.4 Å². The van der Waals surface area contributed by atoms with Gasteiger partial charge in [0.05, 0.1) is 29.1 Å². The minimum atomic E-state index is -0.0136. The van der Waals surface area contributed by atoms with Crippen molar-refractivity contribution >= 4 is 23.5 Å². The fourth-order valence-electron chi connectivity index (χ4n) is 2.71. The van der Waals surface area contributed by atoms with E-state index in [0.29, 0.717) is 5.75 Å². The fourth-order valence-corrected chi connectivity index (χ4v) is 3.77. The highest BCUT2D eigenvalue weighted by molar-refractivity contribution is 8.00. The molecule has 3 aromatic rings. The van der Waals surface area contributed by atoms with Crippen molar-refractivity contribution in [3.8, 4) is 5.69 Å². The minimum Gasteiger partial charge on any atom is -0.310 e. The molecule has 1 atom stereocenters. The number of aromatic nitrogens is 4. The number of para-hydroxylation sites is 1. The molecule has 4 rings (SSSR count). The third kappa shape index (κ3) is 2.53. The average Bonchev–Trinajstić information content (AvgIpc) is 3.12. The quantitative estimate of drug-likeness (QED) is 0.786. The number of fused-ring (bicyclic) bond motifs is 1. The van der Waals surface area contributed by atoms with Crippen molar-refractivity contribution in [1.29, 1.82) is 0 Å². The number of anilines is 1. The van der Waals surface area contributed by atoms with E-state index >= 15 is 0 Å². The van der Waals surface area contributed by atoms with Crippen molar-refractivity contribution in [2.45, 2.75) is 5.25 Å². The average molecular weight is 325 g/mol. The van der Waals surface area contributed by atoms with Gasteiger partial charge < -0.3 is 5.32 Å². The maximum Gasteiger partial charge on any atom is 0.235 e. The Morgan fingerprint density at radius 3 is 2.78 bits per heavy atom. The maximum absolute atomic E-state index is 12.1. The normalized spacial score (nSPS) is 17.4. The summed E-state index contributed by atoms with van der Waals surface area (Å²) in [4.78, 5) is 12.1. The zero-order chi connectivity index (χ0) is 15.8. The Hall–Kier alpha value is -2.54. The first-order valence-corrected chi connectivity index (χ1v) is 8.30. The van der Waals surface area contributed by atoms with Crippen LogP contribution in [0.15, 0.2) is 48.9 Å². The van der Waals surface area contributed by atoms with Gasteiger partial charge in [-0.05, 0) is 12.1 Å². The Labute approximate surface area is 137 Å². The number of aryl methyl sites for hydroxylation is 1. The SMILES string of the molecule is Cn1cc([C@H]2SCC(=O)Nc3c2cnn3-c2ccccc2)cn1. The molecule has 7 heteroatoms. The predicted molar refractivity (Wildman–Crippen MR) is 89.7 cm³/mol. The second-order valence-electron chi connectivity index (χ2n) is 5.38. The lowest BCUT2D eigenvalue weighted by Crippen LogP contribution is -2.15. The number of hydrogen-bond donors (Lipinski definition) is 1. The highest BCUT2D eigenvalue weighted by Crippen LogP contribution is 2.41. The summed E-state index contributed by atoms with van der Waals surface area (Å²) in [6, 6.07) is 9.80. The summed E-state index contributed by atoms with van der Waals surface area (Å²) in [6.45, 7) is 0. The lowest BCUT2D eigenvalue weighted by molar-refractivity contribution is -0.113. The maximum atomic E-state index is 12.1. The molecule has 0 unspecified atom stereocenters. The van der Waals surface area contributed by atoms with Gasteiger partial charge in [-0.15, -0.1) is 11.8 Å². The topological polar surface area (TPSA) is 64.7 Å². The van der Waals surface area contributed by atoms with Crippen LogP contribution in [0.2, 0.25) is 0 Å². The molecule has 0 radical (unpaired) electrons. The predicted octanol–water partition coefficient (Wildman–Crippen LogP) is 2.38. The molecule has 1 aliphatic rings. The Bertz CT molecular complexity index is 854. The van der Waals surface area contributed by atoms with Crippen molar-refractivity contribution < 1.29 is 4.79 Å². The van der Waals surface area contributed by atoms with E-state index in [9.17, 15) is 4.79 Å². The molecular weight excluding hydrogens is 310 g/mol. The number of amides is 1. The molecule has 0 spiro atoms. The molecule has 0 aliphatic carbocycles. The Morgan fingerprint density at radius 1 is 1.22 bits per heavy atom. The Kier molecular flexibility index (Phi) is 3.42. The van der Waals surface area contributed by atoms with Crippen molar-refractivity contribution in [3.05, 3.63) is 60.0 Å². The second kappa shape index (κ2) is 5.58. The van der Waals surface area contributed by atoms with Crippen molar-refractivity contribution in [3.63, 3.8) is 0 Å². The number of thioether (sulfide) groups is 1. The number of carbonyl (C=O) groups is 1. The van der Waals surface area contributed by atoms with Crippen LogP contribution >= 0.6 is 11.8 Å². The summed E-state index contributed by atoms with van der Waals surface area (Å²) in [5, 5.41) is 11.8. The van der Waals surface area contributed by atoms with Crippen LogP contribution < -0.4 is 5.32 Å². The highest BCUT2D eigenvalue weighted by Gasteiger charge is 2.28. The number of rotatable bonds is 2. The van der Waals surface area contributed by atoms with Crippen LogP contribution in [0, 0.1) is 0 Å². The third-order valence-electron chi connectivity index (χ3n) is 3.75. The molecule has 1 amide bonds. The summed E-state index contributed by atoms with van der Waals surface area (Å²) < 4.78 is 3.56. The summed E-state index contributed by atoms with van der Waals surface area (Å²) in [5.41, 5.74) is 2.99. The smallest absolute Gasteiger partial charge is 0.235 e. The van der Waals surface area contributed by atoms with E-state index in [0.717, 1.165) is 22.6 Å². The van der Waals surface area contributed by atoms with Crippen LogP contribution in [0.5, 0.6) is 0 Å². The Morgan fingerprint density at radius 2 is 2.04 bits per heavy atom. The molecule has 0 saturated heterocycles. The molecular formula is C16H15N5OS. The number of hydrogen-bond acceptors (Lipinski definition) is 4. The molecule has 0 bridgehead atoms. The standard InChI is InChI=1S/C16H15N5OS/c1-20-9-11(7-17-20)15-13-8-18-21(12-5-3-2-4-6-12)16(13)19-14(22)10-23-15/h2-9,15H,10H2,1H3,(H,19,22)/t15-/m1/s1.